The Balaban J connectivity index is 1.72. The number of aryl methyl sites for hydroxylation is 1. The van der Waals surface area contributed by atoms with Crippen molar-refractivity contribution >= 4 is 16.8 Å². The van der Waals surface area contributed by atoms with Crippen LogP contribution in [0.3, 0.4) is 0 Å². The van der Waals surface area contributed by atoms with Gasteiger partial charge < -0.3 is 41.1 Å². The van der Waals surface area contributed by atoms with E-state index in [1.54, 1.807) is 31.3 Å². The number of carbonyl (C=O) groups excluding carboxylic acids is 1. The minimum atomic E-state index is -3.53. The van der Waals surface area contributed by atoms with Crippen LogP contribution in [0.1, 0.15) is 29.8 Å². The predicted molar refractivity (Wildman–Crippen MR) is 99.0 cm³/mol. The van der Waals surface area contributed by atoms with E-state index in [1.807, 2.05) is 0 Å². The number of benzene rings is 1. The summed E-state index contributed by atoms with van der Waals surface area (Å²) in [5.74, 6) is -6.94. The van der Waals surface area contributed by atoms with E-state index in [4.69, 9.17) is 0 Å². The molecule has 0 radical (unpaired) electrons. The molecule has 4 rings (SSSR count). The molecule has 30 heavy (non-hydrogen) atoms. The van der Waals surface area contributed by atoms with E-state index in [-0.39, 0.29) is 18.5 Å². The van der Waals surface area contributed by atoms with E-state index < -0.39 is 41.7 Å². The second-order valence-electron chi connectivity index (χ2n) is 7.93. The van der Waals surface area contributed by atoms with Gasteiger partial charge in [-0.25, -0.2) is 4.90 Å². The summed E-state index contributed by atoms with van der Waals surface area (Å²) >= 11 is 0. The SMILES string of the molecule is Cn1nc(C(=O)NC2C(O)(O)C3CCCC(N3C(O)(O)O)C2(O)O)c2ccccc21. The first-order chi connectivity index (χ1) is 13.9. The maximum atomic E-state index is 12.9. The van der Waals surface area contributed by atoms with Crippen LogP contribution in [0.2, 0.25) is 0 Å². The summed E-state index contributed by atoms with van der Waals surface area (Å²) in [5.41, 5.74) is 0.576. The van der Waals surface area contributed by atoms with Gasteiger partial charge in [-0.2, -0.15) is 5.10 Å². The van der Waals surface area contributed by atoms with E-state index in [1.165, 1.54) is 4.68 Å². The Hall–Kier alpha value is -2.16. The summed E-state index contributed by atoms with van der Waals surface area (Å²) in [4.78, 5) is 13.3. The molecule has 2 aliphatic rings. The lowest BCUT2D eigenvalue weighted by atomic mass is 9.73. The van der Waals surface area contributed by atoms with Gasteiger partial charge in [0.05, 0.1) is 17.6 Å². The topological polar surface area (TPSA) is 192 Å². The first-order valence-corrected chi connectivity index (χ1v) is 9.44. The number of fused-ring (bicyclic) bond motifs is 3. The van der Waals surface area contributed by atoms with Gasteiger partial charge in [-0.3, -0.25) is 9.48 Å². The first kappa shape index (κ1) is 21.1. The minimum Gasteiger partial charge on any atom is -0.363 e. The number of hydrogen-bond acceptors (Lipinski definition) is 10. The summed E-state index contributed by atoms with van der Waals surface area (Å²) in [6, 6.07) is 1.78. The van der Waals surface area contributed by atoms with Gasteiger partial charge in [-0.15, -0.1) is 0 Å². The number of amides is 1. The molecule has 164 valence electrons. The Morgan fingerprint density at radius 2 is 1.67 bits per heavy atom. The van der Waals surface area contributed by atoms with Gasteiger partial charge in [0.2, 0.25) is 11.6 Å². The molecule has 8 N–H and O–H groups in total. The van der Waals surface area contributed by atoms with Crippen molar-refractivity contribution in [2.45, 2.75) is 55.1 Å². The molecule has 2 atom stereocenters. The third-order valence-electron chi connectivity index (χ3n) is 6.05. The van der Waals surface area contributed by atoms with Gasteiger partial charge in [0.25, 0.3) is 5.91 Å². The highest BCUT2D eigenvalue weighted by Crippen LogP contribution is 2.45. The Labute approximate surface area is 170 Å². The molecule has 2 fully saturated rings. The predicted octanol–water partition coefficient (Wildman–Crippen LogP) is -3.14. The number of aliphatic hydroxyl groups is 7. The number of para-hydroxylation sites is 1. The van der Waals surface area contributed by atoms with Crippen molar-refractivity contribution in [1.29, 1.82) is 0 Å². The molecule has 0 spiro atoms. The van der Waals surface area contributed by atoms with E-state index in [2.05, 4.69) is 10.4 Å². The molecule has 2 bridgehead atoms. The summed E-state index contributed by atoms with van der Waals surface area (Å²) in [7, 11) is 1.62. The lowest BCUT2D eigenvalue weighted by Gasteiger charge is -2.60. The fraction of sp³-hybridized carbons (Fsp3) is 0.556. The third-order valence-corrected chi connectivity index (χ3v) is 6.05. The van der Waals surface area contributed by atoms with Gasteiger partial charge in [-0.1, -0.05) is 18.2 Å². The zero-order chi connectivity index (χ0) is 22.1. The number of rotatable bonds is 3. The molecule has 0 saturated carbocycles. The van der Waals surface area contributed by atoms with Crippen LogP contribution < -0.4 is 5.32 Å². The number of hydrogen-bond donors (Lipinski definition) is 8. The van der Waals surface area contributed by atoms with E-state index in [0.29, 0.717) is 22.2 Å². The molecule has 12 nitrogen and oxygen atoms in total. The minimum absolute atomic E-state index is 0.0120. The molecular formula is C18H24N4O8. The van der Waals surface area contributed by atoms with Crippen molar-refractivity contribution in [2.75, 3.05) is 0 Å². The van der Waals surface area contributed by atoms with Crippen molar-refractivity contribution in [1.82, 2.24) is 20.0 Å². The third kappa shape index (κ3) is 3.01. The average molecular weight is 424 g/mol. The number of nitrogens with one attached hydrogen (secondary N) is 1. The summed E-state index contributed by atoms with van der Waals surface area (Å²) in [6.45, 7) is 0. The fourth-order valence-corrected chi connectivity index (χ4v) is 4.74. The monoisotopic (exact) mass is 424 g/mol. The summed E-state index contributed by atoms with van der Waals surface area (Å²) in [6.07, 6.45) is -3.27. The number of carbonyl (C=O) groups is 1. The number of nitrogens with zero attached hydrogens (tertiary/aromatic N) is 3. The second kappa shape index (κ2) is 6.67. The Kier molecular flexibility index (Phi) is 4.69. The zero-order valence-electron chi connectivity index (χ0n) is 16.0. The fourth-order valence-electron chi connectivity index (χ4n) is 4.74. The molecule has 2 unspecified atom stereocenters. The average Bonchev–Trinajstić information content (AvgIpc) is 3.01. The van der Waals surface area contributed by atoms with Gasteiger partial charge in [-0.05, 0) is 25.3 Å². The van der Waals surface area contributed by atoms with Crippen molar-refractivity contribution in [3.05, 3.63) is 30.0 Å². The van der Waals surface area contributed by atoms with Crippen molar-refractivity contribution in [3.8, 4) is 0 Å². The van der Waals surface area contributed by atoms with E-state index in [9.17, 15) is 40.5 Å². The highest BCUT2D eigenvalue weighted by Gasteiger charge is 2.69. The van der Waals surface area contributed by atoms with Crippen LogP contribution in [0.5, 0.6) is 0 Å². The van der Waals surface area contributed by atoms with E-state index >= 15 is 0 Å². The maximum Gasteiger partial charge on any atom is 0.346 e. The molecule has 1 aromatic heterocycles. The molecule has 0 aliphatic carbocycles. The van der Waals surface area contributed by atoms with Crippen LogP contribution >= 0.6 is 0 Å². The van der Waals surface area contributed by atoms with Crippen molar-refractivity contribution < 1.29 is 40.5 Å². The van der Waals surface area contributed by atoms with Gasteiger partial charge in [0.1, 0.15) is 6.04 Å². The largest absolute Gasteiger partial charge is 0.363 e. The molecule has 3 heterocycles. The second-order valence-corrected chi connectivity index (χ2v) is 7.93. The van der Waals surface area contributed by atoms with Crippen LogP contribution in [0.15, 0.2) is 24.3 Å². The standard InChI is InChI=1S/C18H24N4O8/c1-21-10-6-3-2-5-9(10)13(20-21)14(23)19-15-16(24,25)11-7-4-8-12(17(15,26)27)22(11)18(28,29)30/h2-3,5-6,11-12,15,24-30H,4,7-8H2,1H3,(H,19,23). The van der Waals surface area contributed by atoms with Crippen LogP contribution in [0.4, 0.5) is 0 Å². The molecule has 12 heteroatoms. The van der Waals surface area contributed by atoms with Gasteiger partial charge in [0.15, 0.2) is 5.69 Å². The van der Waals surface area contributed by atoms with E-state index in [0.717, 1.165) is 0 Å². The molecule has 1 amide bonds. The number of piperidine rings is 2. The molecular weight excluding hydrogens is 400 g/mol. The smallest absolute Gasteiger partial charge is 0.346 e. The Morgan fingerprint density at radius 1 is 1.10 bits per heavy atom. The number of aromatic nitrogens is 2. The lowest BCUT2D eigenvalue weighted by molar-refractivity contribution is -0.469. The molecule has 2 aliphatic heterocycles. The molecule has 1 aromatic carbocycles. The zero-order valence-corrected chi connectivity index (χ0v) is 16.0. The van der Waals surface area contributed by atoms with Crippen LogP contribution in [-0.2, 0) is 7.05 Å². The first-order valence-electron chi connectivity index (χ1n) is 9.44. The maximum absolute atomic E-state index is 12.9. The van der Waals surface area contributed by atoms with Gasteiger partial charge in [0, 0.05) is 12.4 Å². The van der Waals surface area contributed by atoms with Crippen molar-refractivity contribution in [3.63, 3.8) is 0 Å². The van der Waals surface area contributed by atoms with Crippen LogP contribution in [0, 0.1) is 0 Å². The molecule has 2 aromatic rings. The Bertz CT molecular complexity index is 958. The van der Waals surface area contributed by atoms with Gasteiger partial charge >= 0.3 is 6.10 Å². The molecule has 2 saturated heterocycles. The van der Waals surface area contributed by atoms with Crippen LogP contribution in [-0.4, -0.2) is 92.1 Å². The normalized spacial score (nSPS) is 28.5. The quantitative estimate of drug-likeness (QED) is 0.234. The highest BCUT2D eigenvalue weighted by molar-refractivity contribution is 6.05. The van der Waals surface area contributed by atoms with Crippen molar-refractivity contribution in [2.24, 2.45) is 7.05 Å². The summed E-state index contributed by atoms with van der Waals surface area (Å²) < 4.78 is 1.45. The Morgan fingerprint density at radius 3 is 2.23 bits per heavy atom. The highest BCUT2D eigenvalue weighted by atomic mass is 16.7. The summed E-state index contributed by atoms with van der Waals surface area (Å²) in [5, 5.41) is 78.8. The van der Waals surface area contributed by atoms with Crippen LogP contribution in [0.25, 0.3) is 10.9 Å². The lowest BCUT2D eigenvalue weighted by Crippen LogP contribution is -2.85.